The van der Waals surface area contributed by atoms with Crippen molar-refractivity contribution in [1.82, 2.24) is 0 Å². The van der Waals surface area contributed by atoms with Gasteiger partial charge in [0.25, 0.3) is 15.9 Å². The number of nitrogens with zero attached hydrogens (tertiary/aromatic N) is 2. The topological polar surface area (TPSA) is 84.0 Å². The zero-order valence-corrected chi connectivity index (χ0v) is 22.5. The average Bonchev–Trinajstić information content (AvgIpc) is 2.94. The Bertz CT molecular complexity index is 1600. The summed E-state index contributed by atoms with van der Waals surface area (Å²) in [6.07, 6.45) is 0. The van der Waals surface area contributed by atoms with E-state index in [0.29, 0.717) is 17.1 Å². The zero-order chi connectivity index (χ0) is 26.9. The number of anilines is 3. The molecular weight excluding hydrogens is 544 g/mol. The molecule has 5 rings (SSSR count). The van der Waals surface area contributed by atoms with Crippen LogP contribution in [-0.2, 0) is 19.6 Å². The Labute approximate surface area is 229 Å². The quantitative estimate of drug-likeness (QED) is 0.261. The predicted octanol–water partition coefficient (Wildman–Crippen LogP) is 6.15. The van der Waals surface area contributed by atoms with Gasteiger partial charge in [0.1, 0.15) is 0 Å². The normalized spacial score (nSPS) is 12.3. The third kappa shape index (κ3) is 4.88. The Kier molecular flexibility index (Phi) is 7.16. The van der Waals surface area contributed by atoms with Crippen molar-refractivity contribution in [1.29, 1.82) is 0 Å². The van der Waals surface area contributed by atoms with Gasteiger partial charge in [0.05, 0.1) is 32.5 Å². The number of hydrogen-bond acceptors (Lipinski definition) is 6. The molecule has 0 radical (unpaired) electrons. The first-order valence-corrected chi connectivity index (χ1v) is 14.1. The summed E-state index contributed by atoms with van der Waals surface area (Å²) in [5.41, 5.74) is 1.68. The Morgan fingerprint density at radius 3 is 2.08 bits per heavy atom. The van der Waals surface area contributed by atoms with Crippen LogP contribution >= 0.6 is 23.4 Å². The van der Waals surface area contributed by atoms with Crippen molar-refractivity contribution in [2.75, 3.05) is 22.9 Å². The number of hydrogen-bond donors (Lipinski definition) is 0. The summed E-state index contributed by atoms with van der Waals surface area (Å²) in [6.45, 7) is -0.566. The number of fused-ring (bicyclic) bond motifs is 2. The van der Waals surface area contributed by atoms with Gasteiger partial charge in [-0.25, -0.2) is 13.2 Å². The van der Waals surface area contributed by atoms with Crippen LogP contribution in [0.15, 0.2) is 112 Å². The number of halogens is 1. The molecule has 0 unspecified atom stereocenters. The molecule has 4 aromatic rings. The van der Waals surface area contributed by atoms with Crippen LogP contribution in [0.5, 0.6) is 0 Å². The second kappa shape index (κ2) is 10.5. The zero-order valence-electron chi connectivity index (χ0n) is 20.1. The third-order valence-electron chi connectivity index (χ3n) is 5.94. The SMILES string of the molecule is CN(c1ccccc1)S(=O)(=O)c1ccc(Cl)c(C(=O)OCC(=O)N2c3ccccc3Sc3ccccc32)c1. The van der Waals surface area contributed by atoms with E-state index < -0.39 is 28.5 Å². The van der Waals surface area contributed by atoms with Crippen LogP contribution in [0.4, 0.5) is 17.1 Å². The minimum absolute atomic E-state index is 0.00817. The summed E-state index contributed by atoms with van der Waals surface area (Å²) >= 11 is 7.78. The first-order chi connectivity index (χ1) is 18.3. The number of rotatable bonds is 6. The van der Waals surface area contributed by atoms with Gasteiger partial charge in [-0.2, -0.15) is 0 Å². The number of esters is 1. The number of para-hydroxylation sites is 3. The lowest BCUT2D eigenvalue weighted by molar-refractivity contribution is -0.121. The summed E-state index contributed by atoms with van der Waals surface area (Å²) in [5, 5.41) is 0.00817. The van der Waals surface area contributed by atoms with Crippen LogP contribution in [0.2, 0.25) is 5.02 Å². The van der Waals surface area contributed by atoms with Gasteiger partial charge >= 0.3 is 5.97 Å². The van der Waals surface area contributed by atoms with Crippen molar-refractivity contribution in [3.8, 4) is 0 Å². The number of carbonyl (C=O) groups excluding carboxylic acids is 2. The number of benzene rings is 4. The molecular formula is C28H21ClN2O5S2. The Morgan fingerprint density at radius 1 is 0.868 bits per heavy atom. The molecule has 1 aliphatic rings. The molecule has 0 saturated heterocycles. The van der Waals surface area contributed by atoms with Gasteiger partial charge in [-0.3, -0.25) is 14.0 Å². The lowest BCUT2D eigenvalue weighted by Crippen LogP contribution is -2.32. The maximum Gasteiger partial charge on any atom is 0.340 e. The van der Waals surface area contributed by atoms with Crippen LogP contribution in [-0.4, -0.2) is 33.9 Å². The molecule has 4 aromatic carbocycles. The van der Waals surface area contributed by atoms with Gasteiger partial charge in [0, 0.05) is 16.8 Å². The predicted molar refractivity (Wildman–Crippen MR) is 148 cm³/mol. The highest BCUT2D eigenvalue weighted by Gasteiger charge is 2.29. The Morgan fingerprint density at radius 2 is 1.45 bits per heavy atom. The number of carbonyl (C=O) groups is 2. The molecule has 38 heavy (non-hydrogen) atoms. The minimum atomic E-state index is -3.99. The van der Waals surface area contributed by atoms with Crippen molar-refractivity contribution in [2.24, 2.45) is 0 Å². The Hall–Kier alpha value is -3.79. The fourth-order valence-electron chi connectivity index (χ4n) is 4.00. The summed E-state index contributed by atoms with van der Waals surface area (Å²) in [5.74, 6) is -1.36. The highest BCUT2D eigenvalue weighted by atomic mass is 35.5. The van der Waals surface area contributed by atoms with E-state index >= 15 is 0 Å². The van der Waals surface area contributed by atoms with Gasteiger partial charge in [-0.1, -0.05) is 65.8 Å². The van der Waals surface area contributed by atoms with Crippen LogP contribution < -0.4 is 9.21 Å². The number of sulfonamides is 1. The van der Waals surface area contributed by atoms with Crippen LogP contribution in [0.1, 0.15) is 10.4 Å². The van der Waals surface area contributed by atoms with E-state index in [4.69, 9.17) is 16.3 Å². The summed E-state index contributed by atoms with van der Waals surface area (Å²) < 4.78 is 32.8. The maximum atomic E-state index is 13.3. The minimum Gasteiger partial charge on any atom is -0.452 e. The second-order valence-corrected chi connectivity index (χ2v) is 11.8. The summed E-state index contributed by atoms with van der Waals surface area (Å²) in [6, 6.07) is 27.3. The molecule has 0 aliphatic carbocycles. The first-order valence-electron chi connectivity index (χ1n) is 11.5. The fourth-order valence-corrected chi connectivity index (χ4v) is 6.47. The van der Waals surface area contributed by atoms with Crippen molar-refractivity contribution < 1.29 is 22.7 Å². The molecule has 1 aliphatic heterocycles. The molecule has 0 saturated carbocycles. The van der Waals surface area contributed by atoms with E-state index in [1.807, 2.05) is 48.5 Å². The molecule has 0 aromatic heterocycles. The van der Waals surface area contributed by atoms with Crippen LogP contribution in [0.25, 0.3) is 0 Å². The van der Waals surface area contributed by atoms with Crippen molar-refractivity contribution in [3.05, 3.63) is 108 Å². The summed E-state index contributed by atoms with van der Waals surface area (Å²) in [4.78, 5) is 29.5. The smallest absolute Gasteiger partial charge is 0.340 e. The molecule has 0 N–H and O–H groups in total. The second-order valence-electron chi connectivity index (χ2n) is 8.29. The lowest BCUT2D eigenvalue weighted by Gasteiger charge is -2.30. The van der Waals surface area contributed by atoms with E-state index in [1.54, 1.807) is 42.1 Å². The molecule has 0 spiro atoms. The highest BCUT2D eigenvalue weighted by Crippen LogP contribution is 2.47. The van der Waals surface area contributed by atoms with E-state index in [1.165, 1.54) is 24.1 Å². The van der Waals surface area contributed by atoms with E-state index in [9.17, 15) is 18.0 Å². The van der Waals surface area contributed by atoms with Crippen molar-refractivity contribution in [2.45, 2.75) is 14.7 Å². The standard InChI is InChI=1S/C28H21ClN2O5S2/c1-30(19-9-3-2-4-10-19)38(34,35)20-15-16-22(29)21(17-20)28(33)36-18-27(32)31-23-11-5-7-13-25(23)37-26-14-8-6-12-24(26)31/h2-17H,18H2,1H3. The van der Waals surface area contributed by atoms with Gasteiger partial charge < -0.3 is 4.74 Å². The number of amides is 1. The number of ether oxygens (including phenoxy) is 1. The summed E-state index contributed by atoms with van der Waals surface area (Å²) in [7, 11) is -2.57. The lowest BCUT2D eigenvalue weighted by atomic mass is 10.2. The van der Waals surface area contributed by atoms with Crippen LogP contribution in [0, 0.1) is 0 Å². The molecule has 10 heteroatoms. The molecule has 1 heterocycles. The monoisotopic (exact) mass is 564 g/mol. The van der Waals surface area contributed by atoms with E-state index in [-0.39, 0.29) is 15.5 Å². The molecule has 192 valence electrons. The maximum absolute atomic E-state index is 13.3. The van der Waals surface area contributed by atoms with E-state index in [0.717, 1.165) is 20.2 Å². The molecule has 0 bridgehead atoms. The first kappa shape index (κ1) is 25.8. The van der Waals surface area contributed by atoms with Gasteiger partial charge in [0.15, 0.2) is 6.61 Å². The highest BCUT2D eigenvalue weighted by molar-refractivity contribution is 7.99. The molecule has 7 nitrogen and oxygen atoms in total. The van der Waals surface area contributed by atoms with Crippen molar-refractivity contribution >= 4 is 62.3 Å². The van der Waals surface area contributed by atoms with Crippen molar-refractivity contribution in [3.63, 3.8) is 0 Å². The average molecular weight is 565 g/mol. The Balaban J connectivity index is 1.37. The van der Waals surface area contributed by atoms with Crippen LogP contribution in [0.3, 0.4) is 0 Å². The van der Waals surface area contributed by atoms with Gasteiger partial charge in [-0.15, -0.1) is 0 Å². The van der Waals surface area contributed by atoms with E-state index in [2.05, 4.69) is 0 Å². The van der Waals surface area contributed by atoms with Gasteiger partial charge in [0.2, 0.25) is 0 Å². The molecule has 1 amide bonds. The molecule has 0 fully saturated rings. The molecule has 0 atom stereocenters. The fraction of sp³-hybridized carbons (Fsp3) is 0.0714. The van der Waals surface area contributed by atoms with Gasteiger partial charge in [-0.05, 0) is 54.6 Å². The largest absolute Gasteiger partial charge is 0.452 e. The third-order valence-corrected chi connectivity index (χ3v) is 9.19.